The van der Waals surface area contributed by atoms with Crippen molar-refractivity contribution in [2.45, 2.75) is 39.5 Å². The molecule has 11 heavy (non-hydrogen) atoms. The number of rotatable bonds is 0. The van der Waals surface area contributed by atoms with Gasteiger partial charge >= 0.3 is 0 Å². The quantitative estimate of drug-likeness (QED) is 0.587. The third kappa shape index (κ3) is 1.86. The maximum atomic E-state index is 3.14. The van der Waals surface area contributed by atoms with Crippen molar-refractivity contribution >= 4 is 0 Å². The van der Waals surface area contributed by atoms with E-state index >= 15 is 0 Å². The summed E-state index contributed by atoms with van der Waals surface area (Å²) in [6.07, 6.45) is 9.61. The molecule has 2 rings (SSSR count). The first-order chi connectivity index (χ1) is 5.47. The van der Waals surface area contributed by atoms with Gasteiger partial charge in [-0.2, -0.15) is 0 Å². The Morgan fingerprint density at radius 1 is 1.00 bits per heavy atom. The van der Waals surface area contributed by atoms with Crippen LogP contribution in [0.25, 0.3) is 0 Å². The highest BCUT2D eigenvalue weighted by molar-refractivity contribution is 5.25. The summed E-state index contributed by atoms with van der Waals surface area (Å²) in [6, 6.07) is 0. The van der Waals surface area contributed by atoms with Gasteiger partial charge in [0.25, 0.3) is 0 Å². The number of aryl methyl sites for hydroxylation is 2. The smallest absolute Gasteiger partial charge is 0.00401 e. The Labute approximate surface area is 68.8 Å². The first kappa shape index (κ1) is 8.38. The SMILES string of the molecule is CC.c1[nH]cc2c1CCCC2. The van der Waals surface area contributed by atoms with Crippen molar-refractivity contribution in [3.05, 3.63) is 23.5 Å². The highest BCUT2D eigenvalue weighted by Crippen LogP contribution is 2.19. The summed E-state index contributed by atoms with van der Waals surface area (Å²) in [5.74, 6) is 0. The molecule has 1 N–H and O–H groups in total. The van der Waals surface area contributed by atoms with E-state index in [1.54, 1.807) is 11.1 Å². The van der Waals surface area contributed by atoms with E-state index in [-0.39, 0.29) is 0 Å². The summed E-state index contributed by atoms with van der Waals surface area (Å²) in [6.45, 7) is 4.00. The van der Waals surface area contributed by atoms with Crippen molar-refractivity contribution < 1.29 is 0 Å². The lowest BCUT2D eigenvalue weighted by Crippen LogP contribution is -1.97. The van der Waals surface area contributed by atoms with Gasteiger partial charge in [0, 0.05) is 12.4 Å². The van der Waals surface area contributed by atoms with Crippen molar-refractivity contribution in [1.82, 2.24) is 4.98 Å². The molecule has 0 aliphatic heterocycles. The molecule has 0 saturated carbocycles. The average Bonchev–Trinajstić information content (AvgIpc) is 2.55. The third-order valence-corrected chi connectivity index (χ3v) is 2.07. The van der Waals surface area contributed by atoms with Crippen LogP contribution in [-0.4, -0.2) is 4.98 Å². The van der Waals surface area contributed by atoms with Crippen LogP contribution in [0, 0.1) is 0 Å². The summed E-state index contributed by atoms with van der Waals surface area (Å²) in [7, 11) is 0. The zero-order valence-corrected chi connectivity index (χ0v) is 7.48. The van der Waals surface area contributed by atoms with Gasteiger partial charge in [-0.05, 0) is 36.8 Å². The molecule has 1 heteroatoms. The van der Waals surface area contributed by atoms with Crippen molar-refractivity contribution in [3.8, 4) is 0 Å². The minimum absolute atomic E-state index is 1.29. The molecular formula is C10H17N. The molecule has 0 amide bonds. The normalized spacial score (nSPS) is 14.7. The van der Waals surface area contributed by atoms with Gasteiger partial charge in [-0.25, -0.2) is 0 Å². The Morgan fingerprint density at radius 2 is 1.45 bits per heavy atom. The first-order valence-electron chi connectivity index (χ1n) is 4.61. The third-order valence-electron chi connectivity index (χ3n) is 2.07. The molecule has 0 fully saturated rings. The molecule has 0 bridgehead atoms. The highest BCUT2D eigenvalue weighted by Gasteiger charge is 2.07. The van der Waals surface area contributed by atoms with Crippen LogP contribution in [0.1, 0.15) is 37.8 Å². The van der Waals surface area contributed by atoms with Crippen LogP contribution < -0.4 is 0 Å². The Kier molecular flexibility index (Phi) is 3.21. The van der Waals surface area contributed by atoms with Gasteiger partial charge in [0.15, 0.2) is 0 Å². The second-order valence-electron chi connectivity index (χ2n) is 2.71. The van der Waals surface area contributed by atoms with E-state index in [1.165, 1.54) is 25.7 Å². The number of hydrogen-bond donors (Lipinski definition) is 1. The Morgan fingerprint density at radius 3 is 1.91 bits per heavy atom. The minimum atomic E-state index is 1.29. The fourth-order valence-corrected chi connectivity index (χ4v) is 1.52. The summed E-state index contributed by atoms with van der Waals surface area (Å²) in [5.41, 5.74) is 3.09. The molecule has 62 valence electrons. The number of fused-ring (bicyclic) bond motifs is 1. The number of aromatic amines is 1. The van der Waals surface area contributed by atoms with Gasteiger partial charge in [-0.15, -0.1) is 0 Å². The highest BCUT2D eigenvalue weighted by atomic mass is 14.6. The lowest BCUT2D eigenvalue weighted by molar-refractivity contribution is 0.690. The van der Waals surface area contributed by atoms with Crippen molar-refractivity contribution in [2.75, 3.05) is 0 Å². The van der Waals surface area contributed by atoms with Crippen molar-refractivity contribution in [1.29, 1.82) is 0 Å². The molecular weight excluding hydrogens is 134 g/mol. The molecule has 0 aromatic carbocycles. The maximum Gasteiger partial charge on any atom is 0.00401 e. The molecule has 0 spiro atoms. The largest absolute Gasteiger partial charge is 0.367 e. The van der Waals surface area contributed by atoms with Crippen molar-refractivity contribution in [2.24, 2.45) is 0 Å². The Bertz CT molecular complexity index is 180. The summed E-state index contributed by atoms with van der Waals surface area (Å²) in [5, 5.41) is 0. The zero-order chi connectivity index (χ0) is 8.10. The van der Waals surface area contributed by atoms with Crippen LogP contribution in [0.5, 0.6) is 0 Å². The monoisotopic (exact) mass is 151 g/mol. The summed E-state index contributed by atoms with van der Waals surface area (Å²) < 4.78 is 0. The molecule has 0 radical (unpaired) electrons. The van der Waals surface area contributed by atoms with Crippen LogP contribution in [-0.2, 0) is 12.8 Å². The van der Waals surface area contributed by atoms with E-state index < -0.39 is 0 Å². The zero-order valence-electron chi connectivity index (χ0n) is 7.48. The molecule has 0 unspecified atom stereocenters. The topological polar surface area (TPSA) is 15.8 Å². The summed E-state index contributed by atoms with van der Waals surface area (Å²) in [4.78, 5) is 3.14. The molecule has 1 aromatic heterocycles. The number of nitrogens with one attached hydrogen (secondary N) is 1. The molecule has 1 aliphatic rings. The first-order valence-corrected chi connectivity index (χ1v) is 4.61. The number of hydrogen-bond acceptors (Lipinski definition) is 0. The van der Waals surface area contributed by atoms with Crippen LogP contribution in [0.2, 0.25) is 0 Å². The second-order valence-corrected chi connectivity index (χ2v) is 2.71. The fourth-order valence-electron chi connectivity index (χ4n) is 1.52. The molecule has 1 heterocycles. The molecule has 0 saturated heterocycles. The lowest BCUT2D eigenvalue weighted by atomic mass is 9.96. The average molecular weight is 151 g/mol. The van der Waals surface area contributed by atoms with E-state index in [1.807, 2.05) is 13.8 Å². The maximum absolute atomic E-state index is 3.14. The Hall–Kier alpha value is -0.720. The van der Waals surface area contributed by atoms with Gasteiger partial charge in [-0.1, -0.05) is 13.8 Å². The van der Waals surface area contributed by atoms with E-state index in [0.29, 0.717) is 0 Å². The van der Waals surface area contributed by atoms with Crippen molar-refractivity contribution in [3.63, 3.8) is 0 Å². The Balaban J connectivity index is 0.000000281. The molecule has 1 aromatic rings. The molecule has 0 atom stereocenters. The van der Waals surface area contributed by atoms with E-state index in [9.17, 15) is 0 Å². The van der Waals surface area contributed by atoms with Gasteiger partial charge in [0.1, 0.15) is 0 Å². The van der Waals surface area contributed by atoms with Crippen LogP contribution in [0.4, 0.5) is 0 Å². The van der Waals surface area contributed by atoms with Gasteiger partial charge < -0.3 is 4.98 Å². The summed E-state index contributed by atoms with van der Waals surface area (Å²) >= 11 is 0. The second kappa shape index (κ2) is 4.22. The molecule has 1 aliphatic carbocycles. The standard InChI is InChI=1S/C8H11N.C2H6/c1-2-4-8-6-9-5-7(8)3-1;1-2/h5-6,9H,1-4H2;1-2H3. The van der Waals surface area contributed by atoms with Crippen LogP contribution in [0.3, 0.4) is 0 Å². The fraction of sp³-hybridized carbons (Fsp3) is 0.600. The predicted octanol–water partition coefficient (Wildman–Crippen LogP) is 2.92. The van der Waals surface area contributed by atoms with Gasteiger partial charge in [-0.3, -0.25) is 0 Å². The van der Waals surface area contributed by atoms with E-state index in [2.05, 4.69) is 17.4 Å². The molecule has 1 nitrogen and oxygen atoms in total. The van der Waals surface area contributed by atoms with Crippen LogP contribution in [0.15, 0.2) is 12.4 Å². The van der Waals surface area contributed by atoms with E-state index in [4.69, 9.17) is 0 Å². The van der Waals surface area contributed by atoms with Crippen LogP contribution >= 0.6 is 0 Å². The van der Waals surface area contributed by atoms with E-state index in [0.717, 1.165) is 0 Å². The minimum Gasteiger partial charge on any atom is -0.367 e. The van der Waals surface area contributed by atoms with Gasteiger partial charge in [0.05, 0.1) is 0 Å². The van der Waals surface area contributed by atoms with Gasteiger partial charge in [0.2, 0.25) is 0 Å². The number of aromatic nitrogens is 1. The number of H-pyrrole nitrogens is 1. The predicted molar refractivity (Wildman–Crippen MR) is 48.8 cm³/mol. The lowest BCUT2D eigenvalue weighted by Gasteiger charge is -2.08.